The van der Waals surface area contributed by atoms with E-state index in [1.165, 1.54) is 24.8 Å². The second-order valence-electron chi connectivity index (χ2n) is 6.77. The summed E-state index contributed by atoms with van der Waals surface area (Å²) < 4.78 is 0. The topological polar surface area (TPSA) is 50.8 Å². The maximum Gasteiger partial charge on any atom is 0.132 e. The van der Waals surface area contributed by atoms with E-state index in [9.17, 15) is 0 Å². The van der Waals surface area contributed by atoms with Crippen LogP contribution in [0.3, 0.4) is 0 Å². The minimum absolute atomic E-state index is 0.102. The molecule has 0 amide bonds. The first-order valence-electron chi connectivity index (χ1n) is 7.70. The molecular formula is C18H23N3. The molecule has 0 aromatic carbocycles. The van der Waals surface area contributed by atoms with Gasteiger partial charge in [-0.15, -0.1) is 0 Å². The van der Waals surface area contributed by atoms with Crippen molar-refractivity contribution in [3.05, 3.63) is 35.1 Å². The van der Waals surface area contributed by atoms with Crippen LogP contribution in [0.15, 0.2) is 35.1 Å². The molecule has 0 aromatic rings. The lowest BCUT2D eigenvalue weighted by Gasteiger charge is -2.31. The molecule has 21 heavy (non-hydrogen) atoms. The Bertz CT molecular complexity index is 542. The molecule has 1 aliphatic heterocycles. The van der Waals surface area contributed by atoms with Crippen LogP contribution in [0.1, 0.15) is 46.0 Å². The molecule has 0 atom stereocenters. The Morgan fingerprint density at radius 3 is 2.43 bits per heavy atom. The van der Waals surface area contributed by atoms with Crippen molar-refractivity contribution in [2.45, 2.75) is 46.0 Å². The van der Waals surface area contributed by atoms with Crippen molar-refractivity contribution in [2.75, 3.05) is 13.1 Å². The van der Waals surface area contributed by atoms with Crippen LogP contribution >= 0.6 is 0 Å². The minimum atomic E-state index is 0.102. The SMILES string of the molecule is CC1(C)CC(/C=C/N2CCCCC2)=CC(=C(C#N)C#N)C1. The number of likely N-dealkylation sites (tertiary alicyclic amines) is 1. The Kier molecular flexibility index (Phi) is 4.86. The molecule has 0 radical (unpaired) electrons. The van der Waals surface area contributed by atoms with Crippen molar-refractivity contribution in [2.24, 2.45) is 5.41 Å². The van der Waals surface area contributed by atoms with Gasteiger partial charge in [-0.25, -0.2) is 0 Å². The van der Waals surface area contributed by atoms with Gasteiger partial charge < -0.3 is 4.90 Å². The van der Waals surface area contributed by atoms with Crippen LogP contribution in [0.4, 0.5) is 0 Å². The number of allylic oxidation sites excluding steroid dienone is 5. The van der Waals surface area contributed by atoms with Gasteiger partial charge in [-0.2, -0.15) is 10.5 Å². The van der Waals surface area contributed by atoms with E-state index in [-0.39, 0.29) is 11.0 Å². The van der Waals surface area contributed by atoms with Crippen LogP contribution < -0.4 is 0 Å². The molecule has 0 spiro atoms. The first kappa shape index (κ1) is 15.4. The van der Waals surface area contributed by atoms with Gasteiger partial charge in [-0.05, 0) is 60.9 Å². The monoisotopic (exact) mass is 281 g/mol. The van der Waals surface area contributed by atoms with Crippen LogP contribution in [0.2, 0.25) is 0 Å². The third-order valence-electron chi connectivity index (χ3n) is 4.15. The third kappa shape index (κ3) is 4.23. The molecule has 0 unspecified atom stereocenters. The smallest absolute Gasteiger partial charge is 0.132 e. The van der Waals surface area contributed by atoms with Crippen molar-refractivity contribution >= 4 is 0 Å². The summed E-state index contributed by atoms with van der Waals surface area (Å²) in [6, 6.07) is 4.05. The predicted octanol–water partition coefficient (Wildman–Crippen LogP) is 4.08. The molecule has 0 bridgehead atoms. The zero-order valence-electron chi connectivity index (χ0n) is 13.0. The number of hydrogen-bond donors (Lipinski definition) is 0. The van der Waals surface area contributed by atoms with Gasteiger partial charge in [0.25, 0.3) is 0 Å². The second-order valence-corrected chi connectivity index (χ2v) is 6.77. The van der Waals surface area contributed by atoms with Crippen LogP contribution in [0.5, 0.6) is 0 Å². The van der Waals surface area contributed by atoms with E-state index >= 15 is 0 Å². The number of piperidine rings is 1. The Morgan fingerprint density at radius 2 is 1.81 bits per heavy atom. The van der Waals surface area contributed by atoms with Gasteiger partial charge in [-0.1, -0.05) is 19.9 Å². The first-order chi connectivity index (χ1) is 10.0. The van der Waals surface area contributed by atoms with E-state index in [0.717, 1.165) is 31.5 Å². The molecule has 3 nitrogen and oxygen atoms in total. The summed E-state index contributed by atoms with van der Waals surface area (Å²) in [5, 5.41) is 18.2. The van der Waals surface area contributed by atoms with Gasteiger partial charge in [0.05, 0.1) is 0 Å². The van der Waals surface area contributed by atoms with Crippen molar-refractivity contribution in [1.82, 2.24) is 4.90 Å². The highest BCUT2D eigenvalue weighted by atomic mass is 15.1. The lowest BCUT2D eigenvalue weighted by Crippen LogP contribution is -2.24. The van der Waals surface area contributed by atoms with E-state index in [1.54, 1.807) is 0 Å². The van der Waals surface area contributed by atoms with Crippen molar-refractivity contribution in [3.63, 3.8) is 0 Å². The normalized spacial score (nSPS) is 21.6. The maximum atomic E-state index is 9.08. The third-order valence-corrected chi connectivity index (χ3v) is 4.15. The first-order valence-corrected chi connectivity index (χ1v) is 7.70. The Morgan fingerprint density at radius 1 is 1.14 bits per heavy atom. The lowest BCUT2D eigenvalue weighted by molar-refractivity contribution is 0.308. The maximum absolute atomic E-state index is 9.08. The summed E-state index contributed by atoms with van der Waals surface area (Å²) in [4.78, 5) is 2.37. The molecule has 2 rings (SSSR count). The highest BCUT2D eigenvalue weighted by molar-refractivity contribution is 5.48. The largest absolute Gasteiger partial charge is 0.377 e. The van der Waals surface area contributed by atoms with Gasteiger partial charge in [-0.3, -0.25) is 0 Å². The van der Waals surface area contributed by atoms with E-state index in [0.29, 0.717) is 0 Å². The molecule has 0 saturated carbocycles. The van der Waals surface area contributed by atoms with Crippen LogP contribution in [-0.4, -0.2) is 18.0 Å². The Balaban J connectivity index is 2.21. The summed E-state index contributed by atoms with van der Waals surface area (Å²) in [6.07, 6.45) is 12.0. The zero-order chi connectivity index (χ0) is 15.3. The highest BCUT2D eigenvalue weighted by Gasteiger charge is 2.26. The highest BCUT2D eigenvalue weighted by Crippen LogP contribution is 2.39. The lowest BCUT2D eigenvalue weighted by atomic mass is 9.74. The van der Waals surface area contributed by atoms with Gasteiger partial charge in [0.1, 0.15) is 17.7 Å². The average molecular weight is 281 g/mol. The van der Waals surface area contributed by atoms with Gasteiger partial charge in [0.15, 0.2) is 0 Å². The fraction of sp³-hybridized carbons (Fsp3) is 0.556. The summed E-state index contributed by atoms with van der Waals surface area (Å²) in [5.74, 6) is 0. The molecule has 0 N–H and O–H groups in total. The standard InChI is InChI=1S/C18H23N3/c1-18(2)11-15(6-9-21-7-4-3-5-8-21)10-16(12-18)17(13-19)14-20/h6,9-10H,3-5,7-8,11-12H2,1-2H3/b9-6+. The summed E-state index contributed by atoms with van der Waals surface area (Å²) >= 11 is 0. The Hall–Kier alpha value is -2.00. The molecule has 3 heteroatoms. The number of hydrogen-bond acceptors (Lipinski definition) is 3. The molecule has 1 saturated heterocycles. The molecule has 1 fully saturated rings. The number of nitriles is 2. The minimum Gasteiger partial charge on any atom is -0.377 e. The number of rotatable bonds is 2. The fourth-order valence-electron chi connectivity index (χ4n) is 3.16. The van der Waals surface area contributed by atoms with Crippen LogP contribution in [-0.2, 0) is 0 Å². The van der Waals surface area contributed by atoms with E-state index in [1.807, 2.05) is 18.2 Å². The summed E-state index contributed by atoms with van der Waals surface area (Å²) in [6.45, 7) is 6.66. The number of nitrogens with zero attached hydrogens (tertiary/aromatic N) is 3. The van der Waals surface area contributed by atoms with E-state index < -0.39 is 0 Å². The van der Waals surface area contributed by atoms with Gasteiger partial charge >= 0.3 is 0 Å². The van der Waals surface area contributed by atoms with E-state index in [2.05, 4.69) is 31.0 Å². The van der Waals surface area contributed by atoms with Gasteiger partial charge in [0, 0.05) is 13.1 Å². The molecular weight excluding hydrogens is 258 g/mol. The van der Waals surface area contributed by atoms with Crippen molar-refractivity contribution in [3.8, 4) is 12.1 Å². The summed E-state index contributed by atoms with van der Waals surface area (Å²) in [7, 11) is 0. The van der Waals surface area contributed by atoms with Crippen LogP contribution in [0, 0.1) is 28.1 Å². The average Bonchev–Trinajstić information content (AvgIpc) is 2.46. The molecule has 1 heterocycles. The second kappa shape index (κ2) is 6.64. The predicted molar refractivity (Wildman–Crippen MR) is 83.9 cm³/mol. The van der Waals surface area contributed by atoms with Gasteiger partial charge in [0.2, 0.25) is 0 Å². The van der Waals surface area contributed by atoms with Crippen molar-refractivity contribution in [1.29, 1.82) is 10.5 Å². The fourth-order valence-corrected chi connectivity index (χ4v) is 3.16. The summed E-state index contributed by atoms with van der Waals surface area (Å²) in [5.41, 5.74) is 2.46. The van der Waals surface area contributed by atoms with E-state index in [4.69, 9.17) is 10.5 Å². The molecule has 1 aliphatic carbocycles. The molecule has 2 aliphatic rings. The quantitative estimate of drug-likeness (QED) is 0.717. The zero-order valence-corrected chi connectivity index (χ0v) is 13.0. The molecule has 0 aromatic heterocycles. The Labute approximate surface area is 127 Å². The van der Waals surface area contributed by atoms with Crippen LogP contribution in [0.25, 0.3) is 0 Å². The molecule has 110 valence electrons. The van der Waals surface area contributed by atoms with Crippen molar-refractivity contribution < 1.29 is 0 Å².